The molecule has 9 heteroatoms. The van der Waals surface area contributed by atoms with E-state index in [1.54, 1.807) is 0 Å². The van der Waals surface area contributed by atoms with E-state index in [1.807, 2.05) is 0 Å². The van der Waals surface area contributed by atoms with E-state index in [2.05, 4.69) is 10.6 Å². The first-order chi connectivity index (χ1) is 14.2. The minimum Gasteiger partial charge on any atom is -0.326 e. The molecule has 1 aliphatic carbocycles. The number of carbonyl (C=O) groups excluding carboxylic acids is 2. The van der Waals surface area contributed by atoms with E-state index in [0.717, 1.165) is 38.2 Å². The summed E-state index contributed by atoms with van der Waals surface area (Å²) < 4.78 is 52.0. The Morgan fingerprint density at radius 1 is 0.967 bits per heavy atom. The van der Waals surface area contributed by atoms with Crippen molar-refractivity contribution in [2.45, 2.75) is 51.1 Å². The molecule has 30 heavy (non-hydrogen) atoms. The first-order valence-electron chi connectivity index (χ1n) is 10.4. The highest BCUT2D eigenvalue weighted by molar-refractivity contribution is 5.96. The molecule has 166 valence electrons. The van der Waals surface area contributed by atoms with Gasteiger partial charge in [0.25, 0.3) is 0 Å². The third-order valence-electron chi connectivity index (χ3n) is 5.75. The van der Waals surface area contributed by atoms with Gasteiger partial charge in [0.1, 0.15) is 5.82 Å². The number of rotatable bonds is 5. The Labute approximate surface area is 173 Å². The Balaban J connectivity index is 1.60. The molecule has 1 saturated carbocycles. The average Bonchev–Trinajstić information content (AvgIpc) is 2.70. The minimum atomic E-state index is -4.30. The maximum absolute atomic E-state index is 14.2. The molecule has 1 heterocycles. The average molecular weight is 429 g/mol. The van der Waals surface area contributed by atoms with Crippen molar-refractivity contribution in [3.63, 3.8) is 0 Å². The molecule has 0 spiro atoms. The largest absolute Gasteiger partial charge is 0.401 e. The second kappa shape index (κ2) is 9.76. The van der Waals surface area contributed by atoms with Crippen LogP contribution in [0.2, 0.25) is 0 Å². The Morgan fingerprint density at radius 3 is 2.33 bits per heavy atom. The second-order valence-corrected chi connectivity index (χ2v) is 8.20. The quantitative estimate of drug-likeness (QED) is 0.675. The first kappa shape index (κ1) is 22.5. The van der Waals surface area contributed by atoms with Crippen LogP contribution in [0.5, 0.6) is 0 Å². The lowest BCUT2D eigenvalue weighted by Crippen LogP contribution is -2.44. The molecule has 5 nitrogen and oxygen atoms in total. The number of alkyl halides is 3. The molecule has 2 N–H and O–H groups in total. The lowest BCUT2D eigenvalue weighted by molar-refractivity contribution is -0.151. The number of benzene rings is 1. The van der Waals surface area contributed by atoms with Crippen molar-refractivity contribution in [1.82, 2.24) is 4.90 Å². The van der Waals surface area contributed by atoms with Gasteiger partial charge in [0.2, 0.25) is 11.8 Å². The van der Waals surface area contributed by atoms with Gasteiger partial charge in [-0.05, 0) is 50.4 Å². The molecule has 1 aliphatic heterocycles. The lowest BCUT2D eigenvalue weighted by Gasteiger charge is -2.32. The Hall–Kier alpha value is -2.16. The predicted molar refractivity (Wildman–Crippen MR) is 105 cm³/mol. The summed E-state index contributed by atoms with van der Waals surface area (Å²) in [5.41, 5.74) is 0.291. The maximum atomic E-state index is 14.2. The summed E-state index contributed by atoms with van der Waals surface area (Å²) >= 11 is 0. The molecule has 3 rings (SSSR count). The van der Waals surface area contributed by atoms with Crippen molar-refractivity contribution in [1.29, 1.82) is 0 Å². The molecule has 1 atom stereocenters. The summed E-state index contributed by atoms with van der Waals surface area (Å²) in [6.45, 7) is -0.709. The summed E-state index contributed by atoms with van der Waals surface area (Å²) in [4.78, 5) is 26.2. The molecule has 0 bridgehead atoms. The number of hydrogen-bond donors (Lipinski definition) is 2. The first-order valence-corrected chi connectivity index (χ1v) is 10.4. The number of piperidine rings is 1. The highest BCUT2D eigenvalue weighted by atomic mass is 19.4. The number of likely N-dealkylation sites (tertiary alicyclic amines) is 1. The zero-order valence-electron chi connectivity index (χ0n) is 16.7. The SMILES string of the molecule is O=C(Nc1cc(NC(=O)[C@H]2CCCN(CC(F)(F)F)C2)ccc1F)C1CCCCC1. The number of carbonyl (C=O) groups is 2. The number of halogens is 4. The summed E-state index contributed by atoms with van der Waals surface area (Å²) in [6, 6.07) is 3.88. The zero-order valence-corrected chi connectivity index (χ0v) is 16.7. The molecule has 2 amide bonds. The monoisotopic (exact) mass is 429 g/mol. The summed E-state index contributed by atoms with van der Waals surface area (Å²) in [5, 5.41) is 5.26. The third kappa shape index (κ3) is 6.42. The Morgan fingerprint density at radius 2 is 1.63 bits per heavy atom. The van der Waals surface area contributed by atoms with E-state index in [1.165, 1.54) is 17.0 Å². The van der Waals surface area contributed by atoms with E-state index >= 15 is 0 Å². The molecule has 1 saturated heterocycles. The number of nitrogens with zero attached hydrogens (tertiary/aromatic N) is 1. The van der Waals surface area contributed by atoms with Crippen molar-refractivity contribution in [2.75, 3.05) is 30.3 Å². The van der Waals surface area contributed by atoms with Gasteiger partial charge >= 0.3 is 6.18 Å². The van der Waals surface area contributed by atoms with Gasteiger partial charge in [0.15, 0.2) is 0 Å². The van der Waals surface area contributed by atoms with Gasteiger partial charge < -0.3 is 10.6 Å². The van der Waals surface area contributed by atoms with Gasteiger partial charge in [-0.2, -0.15) is 13.2 Å². The van der Waals surface area contributed by atoms with Crippen LogP contribution in [0.25, 0.3) is 0 Å². The molecule has 0 aromatic heterocycles. The van der Waals surface area contributed by atoms with E-state index in [0.29, 0.717) is 25.1 Å². The summed E-state index contributed by atoms with van der Waals surface area (Å²) in [7, 11) is 0. The second-order valence-electron chi connectivity index (χ2n) is 8.20. The molecule has 2 aliphatic rings. The fourth-order valence-corrected chi connectivity index (χ4v) is 4.21. The zero-order chi connectivity index (χ0) is 21.7. The van der Waals surface area contributed by atoms with Crippen LogP contribution in [0.1, 0.15) is 44.9 Å². The summed E-state index contributed by atoms with van der Waals surface area (Å²) in [6.07, 6.45) is 1.29. The Bertz CT molecular complexity index is 763. The smallest absolute Gasteiger partial charge is 0.326 e. The van der Waals surface area contributed by atoms with Gasteiger partial charge in [0, 0.05) is 18.2 Å². The predicted octanol–water partition coefficient (Wildman–Crippen LogP) is 4.56. The van der Waals surface area contributed by atoms with Crippen molar-refractivity contribution in [2.24, 2.45) is 11.8 Å². The van der Waals surface area contributed by atoms with Gasteiger partial charge in [-0.1, -0.05) is 19.3 Å². The van der Waals surface area contributed by atoms with E-state index in [-0.39, 0.29) is 24.1 Å². The number of hydrogen-bond acceptors (Lipinski definition) is 3. The highest BCUT2D eigenvalue weighted by Gasteiger charge is 2.34. The van der Waals surface area contributed by atoms with Crippen molar-refractivity contribution in [3.8, 4) is 0 Å². The van der Waals surface area contributed by atoms with Crippen LogP contribution in [-0.2, 0) is 9.59 Å². The lowest BCUT2D eigenvalue weighted by atomic mass is 9.88. The number of nitrogens with one attached hydrogen (secondary N) is 2. The van der Waals surface area contributed by atoms with Crippen LogP contribution < -0.4 is 10.6 Å². The van der Waals surface area contributed by atoms with E-state index in [9.17, 15) is 27.2 Å². The van der Waals surface area contributed by atoms with Gasteiger partial charge in [-0.15, -0.1) is 0 Å². The molecule has 0 radical (unpaired) electrons. The topological polar surface area (TPSA) is 61.4 Å². The molecular formula is C21H27F4N3O2. The van der Waals surface area contributed by atoms with E-state index < -0.39 is 30.4 Å². The fourth-order valence-electron chi connectivity index (χ4n) is 4.21. The van der Waals surface area contributed by atoms with Crippen LogP contribution in [0.4, 0.5) is 28.9 Å². The van der Waals surface area contributed by atoms with Crippen LogP contribution in [0.15, 0.2) is 18.2 Å². The highest BCUT2D eigenvalue weighted by Crippen LogP contribution is 2.27. The van der Waals surface area contributed by atoms with Crippen molar-refractivity contribution < 1.29 is 27.2 Å². The number of anilines is 2. The van der Waals surface area contributed by atoms with Crippen LogP contribution in [0.3, 0.4) is 0 Å². The maximum Gasteiger partial charge on any atom is 0.401 e. The fraction of sp³-hybridized carbons (Fsp3) is 0.619. The molecule has 0 unspecified atom stereocenters. The minimum absolute atomic E-state index is 0.00860. The van der Waals surface area contributed by atoms with E-state index in [4.69, 9.17) is 0 Å². The standard InChI is InChI=1S/C21H27F4N3O2/c22-17-9-8-16(11-18(17)27-19(29)14-5-2-1-3-6-14)26-20(30)15-7-4-10-28(12-15)13-21(23,24)25/h8-9,11,14-15H,1-7,10,12-13H2,(H,26,30)(H,27,29)/t15-/m0/s1. The normalized spacial score (nSPS) is 21.3. The summed E-state index contributed by atoms with van der Waals surface area (Å²) in [5.74, 6) is -1.96. The van der Waals surface area contributed by atoms with Crippen LogP contribution in [0, 0.1) is 17.7 Å². The van der Waals surface area contributed by atoms with Gasteiger partial charge in [0.05, 0.1) is 18.2 Å². The van der Waals surface area contributed by atoms with Crippen molar-refractivity contribution in [3.05, 3.63) is 24.0 Å². The number of amides is 2. The molecule has 2 fully saturated rings. The van der Waals surface area contributed by atoms with Gasteiger partial charge in [-0.3, -0.25) is 14.5 Å². The Kier molecular flexibility index (Phi) is 7.33. The molecule has 1 aromatic rings. The molecular weight excluding hydrogens is 402 g/mol. The van der Waals surface area contributed by atoms with Crippen LogP contribution in [-0.4, -0.2) is 42.5 Å². The van der Waals surface area contributed by atoms with Crippen molar-refractivity contribution >= 4 is 23.2 Å². The van der Waals surface area contributed by atoms with Crippen LogP contribution >= 0.6 is 0 Å². The third-order valence-corrected chi connectivity index (χ3v) is 5.75. The van der Waals surface area contributed by atoms with Gasteiger partial charge in [-0.25, -0.2) is 4.39 Å². The molecule has 1 aromatic carbocycles.